The van der Waals surface area contributed by atoms with Gasteiger partial charge in [-0.15, -0.1) is 0 Å². The number of rotatable bonds is 7. The Labute approximate surface area is 98.8 Å². The van der Waals surface area contributed by atoms with E-state index in [1.54, 1.807) is 7.11 Å². The highest BCUT2D eigenvalue weighted by Gasteiger charge is 2.11. The standard InChI is InChI=1S/C13H24O3/c1-10(2)6-7-12(9-15-5)13(14)16-8-11(3)4/h7,10-11H,6,8-9H2,1-5H3. The number of carbonyl (C=O) groups excluding carboxylic acids is 1. The number of hydrogen-bond donors (Lipinski definition) is 0. The Morgan fingerprint density at radius 2 is 1.81 bits per heavy atom. The lowest BCUT2D eigenvalue weighted by molar-refractivity contribution is -0.140. The normalized spacial score (nSPS) is 12.3. The summed E-state index contributed by atoms with van der Waals surface area (Å²) in [6, 6.07) is 0. The third kappa shape index (κ3) is 7.46. The molecule has 3 nitrogen and oxygen atoms in total. The maximum atomic E-state index is 11.7. The lowest BCUT2D eigenvalue weighted by atomic mass is 10.1. The Bertz CT molecular complexity index is 229. The van der Waals surface area contributed by atoms with Crippen molar-refractivity contribution in [3.63, 3.8) is 0 Å². The predicted molar refractivity (Wildman–Crippen MR) is 65.2 cm³/mol. The van der Waals surface area contributed by atoms with Crippen LogP contribution < -0.4 is 0 Å². The molecule has 0 unspecified atom stereocenters. The van der Waals surface area contributed by atoms with E-state index in [1.165, 1.54) is 0 Å². The summed E-state index contributed by atoms with van der Waals surface area (Å²) in [5, 5.41) is 0. The number of esters is 1. The highest BCUT2D eigenvalue weighted by Crippen LogP contribution is 2.07. The Hall–Kier alpha value is -0.830. The van der Waals surface area contributed by atoms with Crippen LogP contribution in [0.5, 0.6) is 0 Å². The van der Waals surface area contributed by atoms with E-state index in [9.17, 15) is 4.79 Å². The van der Waals surface area contributed by atoms with Gasteiger partial charge in [-0.05, 0) is 18.3 Å². The number of ether oxygens (including phenoxy) is 2. The molecule has 0 spiro atoms. The summed E-state index contributed by atoms with van der Waals surface area (Å²) in [6.45, 7) is 9.04. The van der Waals surface area contributed by atoms with Crippen LogP contribution in [0.4, 0.5) is 0 Å². The van der Waals surface area contributed by atoms with Crippen molar-refractivity contribution in [2.75, 3.05) is 20.3 Å². The Morgan fingerprint density at radius 1 is 1.19 bits per heavy atom. The van der Waals surface area contributed by atoms with Crippen molar-refractivity contribution < 1.29 is 14.3 Å². The van der Waals surface area contributed by atoms with Crippen molar-refractivity contribution in [3.8, 4) is 0 Å². The van der Waals surface area contributed by atoms with Crippen molar-refractivity contribution in [2.24, 2.45) is 11.8 Å². The maximum Gasteiger partial charge on any atom is 0.336 e. The third-order valence-electron chi connectivity index (χ3n) is 1.95. The molecule has 0 rings (SSSR count). The Kier molecular flexibility index (Phi) is 7.90. The lowest BCUT2D eigenvalue weighted by Crippen LogP contribution is -2.15. The topological polar surface area (TPSA) is 35.5 Å². The van der Waals surface area contributed by atoms with E-state index in [2.05, 4.69) is 13.8 Å². The molecule has 0 saturated carbocycles. The van der Waals surface area contributed by atoms with Gasteiger partial charge in [-0.3, -0.25) is 0 Å². The van der Waals surface area contributed by atoms with Crippen LogP contribution in [0.2, 0.25) is 0 Å². The van der Waals surface area contributed by atoms with Crippen molar-refractivity contribution in [1.82, 2.24) is 0 Å². The van der Waals surface area contributed by atoms with Crippen molar-refractivity contribution in [1.29, 1.82) is 0 Å². The van der Waals surface area contributed by atoms with E-state index in [1.807, 2.05) is 19.9 Å². The highest BCUT2D eigenvalue weighted by atomic mass is 16.5. The molecule has 0 aromatic heterocycles. The van der Waals surface area contributed by atoms with Gasteiger partial charge in [-0.25, -0.2) is 4.79 Å². The molecule has 0 N–H and O–H groups in total. The summed E-state index contributed by atoms with van der Waals surface area (Å²) in [6.07, 6.45) is 2.78. The van der Waals surface area contributed by atoms with Crippen molar-refractivity contribution in [2.45, 2.75) is 34.1 Å². The SMILES string of the molecule is COCC(=CCC(C)C)C(=O)OCC(C)C. The summed E-state index contributed by atoms with van der Waals surface area (Å²) in [7, 11) is 1.58. The molecule has 0 bridgehead atoms. The van der Waals surface area contributed by atoms with E-state index in [-0.39, 0.29) is 5.97 Å². The number of allylic oxidation sites excluding steroid dienone is 1. The first-order valence-corrected chi connectivity index (χ1v) is 5.82. The first kappa shape index (κ1) is 15.2. The van der Waals surface area contributed by atoms with Crippen LogP contribution in [0.25, 0.3) is 0 Å². The quantitative estimate of drug-likeness (QED) is 0.496. The molecular weight excluding hydrogens is 204 g/mol. The summed E-state index contributed by atoms with van der Waals surface area (Å²) in [5.74, 6) is 0.638. The molecule has 0 heterocycles. The minimum Gasteiger partial charge on any atom is -0.462 e. The first-order valence-electron chi connectivity index (χ1n) is 5.82. The van der Waals surface area contributed by atoms with Crippen LogP contribution in [0.3, 0.4) is 0 Å². The van der Waals surface area contributed by atoms with Gasteiger partial charge in [-0.2, -0.15) is 0 Å². The first-order chi connectivity index (χ1) is 7.47. The minimum absolute atomic E-state index is 0.254. The highest BCUT2D eigenvalue weighted by molar-refractivity contribution is 5.88. The molecule has 0 amide bonds. The number of carbonyl (C=O) groups is 1. The van der Waals surface area contributed by atoms with Crippen LogP contribution in [0.1, 0.15) is 34.1 Å². The van der Waals surface area contributed by atoms with Gasteiger partial charge in [0.05, 0.1) is 18.8 Å². The third-order valence-corrected chi connectivity index (χ3v) is 1.95. The molecule has 0 aliphatic rings. The molecule has 0 radical (unpaired) electrons. The summed E-state index contributed by atoms with van der Waals surface area (Å²) >= 11 is 0. The molecule has 0 fully saturated rings. The fourth-order valence-corrected chi connectivity index (χ4v) is 1.07. The summed E-state index contributed by atoms with van der Waals surface area (Å²) < 4.78 is 10.2. The van der Waals surface area contributed by atoms with Gasteiger partial charge in [0.1, 0.15) is 0 Å². The van der Waals surface area contributed by atoms with Gasteiger partial charge < -0.3 is 9.47 Å². The van der Waals surface area contributed by atoms with Crippen LogP contribution in [-0.2, 0) is 14.3 Å². The lowest BCUT2D eigenvalue weighted by Gasteiger charge is -2.10. The second-order valence-corrected chi connectivity index (χ2v) is 4.78. The zero-order valence-electron chi connectivity index (χ0n) is 11.1. The summed E-state index contributed by atoms with van der Waals surface area (Å²) in [5.41, 5.74) is 0.622. The van der Waals surface area contributed by atoms with Gasteiger partial charge in [0.15, 0.2) is 0 Å². The molecule has 3 heteroatoms. The monoisotopic (exact) mass is 228 g/mol. The average Bonchev–Trinajstić information content (AvgIpc) is 2.20. The van der Waals surface area contributed by atoms with Crippen LogP contribution in [0, 0.1) is 11.8 Å². The number of hydrogen-bond acceptors (Lipinski definition) is 3. The predicted octanol–water partition coefficient (Wildman–Crippen LogP) is 2.80. The molecular formula is C13H24O3. The Morgan fingerprint density at radius 3 is 2.25 bits per heavy atom. The second-order valence-electron chi connectivity index (χ2n) is 4.78. The molecule has 0 aliphatic carbocycles. The minimum atomic E-state index is -0.254. The van der Waals surface area contributed by atoms with Gasteiger partial charge in [0, 0.05) is 7.11 Å². The van der Waals surface area contributed by atoms with Crippen LogP contribution >= 0.6 is 0 Å². The molecule has 0 saturated heterocycles. The zero-order chi connectivity index (χ0) is 12.6. The van der Waals surface area contributed by atoms with E-state index < -0.39 is 0 Å². The molecule has 16 heavy (non-hydrogen) atoms. The van der Waals surface area contributed by atoms with E-state index in [0.717, 1.165) is 6.42 Å². The van der Waals surface area contributed by atoms with Gasteiger partial charge in [-0.1, -0.05) is 33.8 Å². The van der Waals surface area contributed by atoms with Gasteiger partial charge >= 0.3 is 5.97 Å². The average molecular weight is 228 g/mol. The van der Waals surface area contributed by atoms with Gasteiger partial charge in [0.2, 0.25) is 0 Å². The molecule has 0 atom stereocenters. The van der Waals surface area contributed by atoms with Crippen molar-refractivity contribution >= 4 is 5.97 Å². The van der Waals surface area contributed by atoms with E-state index >= 15 is 0 Å². The summed E-state index contributed by atoms with van der Waals surface area (Å²) in [4.78, 5) is 11.7. The molecule has 0 aliphatic heterocycles. The molecule has 0 aromatic carbocycles. The zero-order valence-corrected chi connectivity index (χ0v) is 11.1. The number of methoxy groups -OCH3 is 1. The maximum absolute atomic E-state index is 11.7. The fourth-order valence-electron chi connectivity index (χ4n) is 1.07. The second kappa shape index (κ2) is 8.34. The van der Waals surface area contributed by atoms with Crippen molar-refractivity contribution in [3.05, 3.63) is 11.6 Å². The van der Waals surface area contributed by atoms with Crippen LogP contribution in [-0.4, -0.2) is 26.3 Å². The largest absolute Gasteiger partial charge is 0.462 e. The van der Waals surface area contributed by atoms with E-state index in [4.69, 9.17) is 9.47 Å². The van der Waals surface area contributed by atoms with Gasteiger partial charge in [0.25, 0.3) is 0 Å². The smallest absolute Gasteiger partial charge is 0.336 e. The fraction of sp³-hybridized carbons (Fsp3) is 0.769. The Balaban J connectivity index is 4.28. The molecule has 94 valence electrons. The molecule has 0 aromatic rings. The van der Waals surface area contributed by atoms with Crippen LogP contribution in [0.15, 0.2) is 11.6 Å². The van der Waals surface area contributed by atoms with E-state index in [0.29, 0.717) is 30.6 Å².